The van der Waals surface area contributed by atoms with E-state index in [1.165, 1.54) is 11.8 Å². The highest BCUT2D eigenvalue weighted by atomic mass is 32.2. The lowest BCUT2D eigenvalue weighted by molar-refractivity contribution is -0.113. The number of hydrogen-bond acceptors (Lipinski definition) is 5. The van der Waals surface area contributed by atoms with Gasteiger partial charge in [0.25, 0.3) is 0 Å². The van der Waals surface area contributed by atoms with Crippen molar-refractivity contribution in [3.63, 3.8) is 0 Å². The van der Waals surface area contributed by atoms with E-state index < -0.39 is 0 Å². The molecule has 0 aliphatic carbocycles. The molecule has 0 radical (unpaired) electrons. The van der Waals surface area contributed by atoms with Gasteiger partial charge in [0.05, 0.1) is 11.4 Å². The third kappa shape index (κ3) is 3.66. The SMILES string of the molecule is Cc1cccc(NC(=O)CSc2nnc3c4cc(-c5ccccc5)nn4ccn23)c1C. The molecular formula is C23H20N6OS. The maximum atomic E-state index is 12.5. The maximum Gasteiger partial charge on any atom is 0.234 e. The molecule has 5 rings (SSSR count). The normalized spacial score (nSPS) is 11.3. The zero-order valence-electron chi connectivity index (χ0n) is 17.1. The molecule has 0 atom stereocenters. The average Bonchev–Trinajstić information content (AvgIpc) is 3.40. The van der Waals surface area contributed by atoms with Crippen molar-refractivity contribution < 1.29 is 4.79 Å². The van der Waals surface area contributed by atoms with Gasteiger partial charge in [-0.15, -0.1) is 10.2 Å². The summed E-state index contributed by atoms with van der Waals surface area (Å²) in [5, 5.41) is 16.9. The van der Waals surface area contributed by atoms with Crippen LogP contribution < -0.4 is 5.32 Å². The summed E-state index contributed by atoms with van der Waals surface area (Å²) in [7, 11) is 0. The van der Waals surface area contributed by atoms with Gasteiger partial charge in [-0.05, 0) is 37.1 Å². The summed E-state index contributed by atoms with van der Waals surface area (Å²) < 4.78 is 3.69. The van der Waals surface area contributed by atoms with Gasteiger partial charge in [-0.2, -0.15) is 5.10 Å². The zero-order valence-corrected chi connectivity index (χ0v) is 17.9. The first-order valence-electron chi connectivity index (χ1n) is 9.87. The van der Waals surface area contributed by atoms with E-state index in [1.807, 2.05) is 85.2 Å². The van der Waals surface area contributed by atoms with E-state index in [4.69, 9.17) is 0 Å². The average molecular weight is 429 g/mol. The molecule has 2 aromatic carbocycles. The number of nitrogens with zero attached hydrogens (tertiary/aromatic N) is 5. The molecule has 5 aromatic rings. The highest BCUT2D eigenvalue weighted by Gasteiger charge is 2.14. The predicted octanol–water partition coefficient (Wildman–Crippen LogP) is 4.39. The van der Waals surface area contributed by atoms with E-state index >= 15 is 0 Å². The van der Waals surface area contributed by atoms with Gasteiger partial charge in [0.2, 0.25) is 5.91 Å². The Labute approximate surface area is 183 Å². The molecule has 0 bridgehead atoms. The number of fused-ring (bicyclic) bond motifs is 3. The minimum atomic E-state index is -0.0766. The third-order valence-corrected chi connectivity index (χ3v) is 6.21. The standard InChI is InChI=1S/C23H20N6OS/c1-15-7-6-10-18(16(15)2)24-21(30)14-31-23-26-25-22-20-13-19(17-8-4-3-5-9-17)27-29(20)12-11-28(22)23/h3-13H,14H2,1-2H3,(H,24,30). The molecule has 8 heteroatoms. The van der Waals surface area contributed by atoms with Crippen LogP contribution >= 0.6 is 11.8 Å². The molecule has 3 aromatic heterocycles. The van der Waals surface area contributed by atoms with E-state index in [1.54, 1.807) is 4.52 Å². The van der Waals surface area contributed by atoms with Gasteiger partial charge in [0.1, 0.15) is 5.52 Å². The number of nitrogens with one attached hydrogen (secondary N) is 1. The Morgan fingerprint density at radius 3 is 2.71 bits per heavy atom. The van der Waals surface area contributed by atoms with E-state index in [-0.39, 0.29) is 11.7 Å². The number of aryl methyl sites for hydroxylation is 1. The molecule has 3 heterocycles. The summed E-state index contributed by atoms with van der Waals surface area (Å²) in [6.07, 6.45) is 3.74. The van der Waals surface area contributed by atoms with Gasteiger partial charge in [0.15, 0.2) is 10.8 Å². The fourth-order valence-corrected chi connectivity index (χ4v) is 4.16. The molecule has 0 aliphatic heterocycles. The second-order valence-electron chi connectivity index (χ2n) is 7.28. The maximum absolute atomic E-state index is 12.5. The van der Waals surface area contributed by atoms with Crippen LogP contribution in [0.1, 0.15) is 11.1 Å². The Hall–Kier alpha value is -3.65. The van der Waals surface area contributed by atoms with Crippen molar-refractivity contribution in [2.75, 3.05) is 11.1 Å². The molecule has 0 spiro atoms. The summed E-state index contributed by atoms with van der Waals surface area (Å²) in [6.45, 7) is 4.03. The Balaban J connectivity index is 1.37. The number of thioether (sulfide) groups is 1. The number of anilines is 1. The molecule has 0 saturated heterocycles. The lowest BCUT2D eigenvalue weighted by atomic mass is 10.1. The Bertz CT molecular complexity index is 1410. The van der Waals surface area contributed by atoms with Crippen LogP contribution in [0.3, 0.4) is 0 Å². The summed E-state index contributed by atoms with van der Waals surface area (Å²) in [5.74, 6) is 0.167. The highest BCUT2D eigenvalue weighted by Crippen LogP contribution is 2.24. The van der Waals surface area contributed by atoms with E-state index in [9.17, 15) is 4.79 Å². The third-order valence-electron chi connectivity index (χ3n) is 5.27. The monoisotopic (exact) mass is 428 g/mol. The summed E-state index contributed by atoms with van der Waals surface area (Å²) >= 11 is 1.35. The van der Waals surface area contributed by atoms with Gasteiger partial charge in [-0.1, -0.05) is 54.2 Å². The molecule has 0 aliphatic rings. The Kier molecular flexibility index (Phi) is 4.91. The van der Waals surface area contributed by atoms with Crippen LogP contribution in [-0.2, 0) is 4.79 Å². The summed E-state index contributed by atoms with van der Waals surface area (Å²) in [6, 6.07) is 17.9. The van der Waals surface area contributed by atoms with Gasteiger partial charge in [0, 0.05) is 23.6 Å². The lowest BCUT2D eigenvalue weighted by Gasteiger charge is -2.09. The smallest absolute Gasteiger partial charge is 0.234 e. The second-order valence-corrected chi connectivity index (χ2v) is 8.23. The first kappa shape index (κ1) is 19.3. The summed E-state index contributed by atoms with van der Waals surface area (Å²) in [4.78, 5) is 12.5. The van der Waals surface area contributed by atoms with Gasteiger partial charge < -0.3 is 5.32 Å². The van der Waals surface area contributed by atoms with E-state index in [0.29, 0.717) is 10.8 Å². The Morgan fingerprint density at radius 1 is 1.03 bits per heavy atom. The van der Waals surface area contributed by atoms with Crippen molar-refractivity contribution in [2.45, 2.75) is 19.0 Å². The molecule has 0 saturated carbocycles. The van der Waals surface area contributed by atoms with E-state index in [2.05, 4.69) is 20.6 Å². The lowest BCUT2D eigenvalue weighted by Crippen LogP contribution is -2.15. The molecular weight excluding hydrogens is 408 g/mol. The topological polar surface area (TPSA) is 76.6 Å². The van der Waals surface area contributed by atoms with Crippen molar-refractivity contribution in [1.29, 1.82) is 0 Å². The number of amides is 1. The number of benzene rings is 2. The largest absolute Gasteiger partial charge is 0.325 e. The molecule has 1 N–H and O–H groups in total. The Morgan fingerprint density at radius 2 is 1.87 bits per heavy atom. The van der Waals surface area contributed by atoms with Crippen LogP contribution in [0.4, 0.5) is 5.69 Å². The van der Waals surface area contributed by atoms with Crippen LogP contribution in [0, 0.1) is 13.8 Å². The van der Waals surface area contributed by atoms with Crippen molar-refractivity contribution in [3.05, 3.63) is 78.1 Å². The fourth-order valence-electron chi connectivity index (χ4n) is 3.44. The fraction of sp³-hybridized carbons (Fsp3) is 0.130. The van der Waals surface area contributed by atoms with Crippen LogP contribution in [-0.4, -0.2) is 35.9 Å². The highest BCUT2D eigenvalue weighted by molar-refractivity contribution is 7.99. The first-order valence-corrected chi connectivity index (χ1v) is 10.9. The molecule has 0 unspecified atom stereocenters. The molecule has 0 fully saturated rings. The van der Waals surface area contributed by atoms with Gasteiger partial charge in [-0.3, -0.25) is 9.20 Å². The minimum Gasteiger partial charge on any atom is -0.325 e. The number of aromatic nitrogens is 5. The molecule has 7 nitrogen and oxygen atoms in total. The van der Waals surface area contributed by atoms with Crippen LogP contribution in [0.2, 0.25) is 0 Å². The predicted molar refractivity (Wildman–Crippen MR) is 122 cm³/mol. The quantitative estimate of drug-likeness (QED) is 0.420. The van der Waals surface area contributed by atoms with E-state index in [0.717, 1.165) is 33.6 Å². The van der Waals surface area contributed by atoms with Gasteiger partial charge >= 0.3 is 0 Å². The van der Waals surface area contributed by atoms with Crippen LogP contribution in [0.5, 0.6) is 0 Å². The van der Waals surface area contributed by atoms with Crippen LogP contribution in [0.15, 0.2) is 72.1 Å². The molecule has 154 valence electrons. The first-order chi connectivity index (χ1) is 15.1. The van der Waals surface area contributed by atoms with Crippen molar-refractivity contribution in [3.8, 4) is 11.3 Å². The van der Waals surface area contributed by atoms with Crippen molar-refractivity contribution in [2.24, 2.45) is 0 Å². The summed E-state index contributed by atoms with van der Waals surface area (Å²) in [5.41, 5.74) is 6.54. The zero-order chi connectivity index (χ0) is 21.4. The van der Waals surface area contributed by atoms with Crippen molar-refractivity contribution >= 4 is 34.5 Å². The van der Waals surface area contributed by atoms with Crippen LogP contribution in [0.25, 0.3) is 22.4 Å². The second kappa shape index (κ2) is 7.88. The number of carbonyl (C=O) groups is 1. The number of carbonyl (C=O) groups excluding carboxylic acids is 1. The minimum absolute atomic E-state index is 0.0766. The molecule has 1 amide bonds. The number of rotatable bonds is 5. The van der Waals surface area contributed by atoms with Crippen molar-refractivity contribution in [1.82, 2.24) is 24.2 Å². The molecule has 31 heavy (non-hydrogen) atoms. The number of hydrogen-bond donors (Lipinski definition) is 1. The van der Waals surface area contributed by atoms with Gasteiger partial charge in [-0.25, -0.2) is 4.52 Å².